The largest absolute Gasteiger partial charge is 0.496 e. The van der Waals surface area contributed by atoms with E-state index in [1.54, 1.807) is 12.1 Å². The molecule has 28 heavy (non-hydrogen) atoms. The lowest BCUT2D eigenvalue weighted by atomic mass is 9.90. The summed E-state index contributed by atoms with van der Waals surface area (Å²) in [7, 11) is 2.88. The van der Waals surface area contributed by atoms with Crippen molar-refractivity contribution in [3.8, 4) is 5.75 Å². The summed E-state index contributed by atoms with van der Waals surface area (Å²) in [6.45, 7) is 3.33. The molecule has 1 aliphatic heterocycles. The highest BCUT2D eigenvalue weighted by molar-refractivity contribution is 6.33. The van der Waals surface area contributed by atoms with Gasteiger partial charge >= 0.3 is 6.09 Å². The van der Waals surface area contributed by atoms with Gasteiger partial charge in [-0.1, -0.05) is 11.6 Å². The fraction of sp³-hybridized carbons (Fsp3) is 0.579. The summed E-state index contributed by atoms with van der Waals surface area (Å²) < 4.78 is 9.82. The Kier molecular flexibility index (Phi) is 10.4. The monoisotopic (exact) mass is 433 g/mol. The molecule has 7 nitrogen and oxygen atoms in total. The molecule has 0 atom stereocenters. The van der Waals surface area contributed by atoms with Crippen LogP contribution < -0.4 is 15.8 Å². The van der Waals surface area contributed by atoms with Gasteiger partial charge in [-0.05, 0) is 44.3 Å². The molecule has 1 heterocycles. The van der Waals surface area contributed by atoms with Crippen molar-refractivity contribution in [1.29, 1.82) is 0 Å². The molecule has 0 bridgehead atoms. The number of anilines is 1. The molecule has 0 aromatic heterocycles. The maximum Gasteiger partial charge on any atom is 0.406 e. The quantitative estimate of drug-likeness (QED) is 0.481. The van der Waals surface area contributed by atoms with E-state index >= 15 is 0 Å². The Labute approximate surface area is 177 Å². The van der Waals surface area contributed by atoms with Crippen molar-refractivity contribution in [2.75, 3.05) is 46.1 Å². The van der Waals surface area contributed by atoms with Crippen molar-refractivity contribution >= 4 is 41.6 Å². The summed E-state index contributed by atoms with van der Waals surface area (Å²) in [6, 6.07) is 3.19. The van der Waals surface area contributed by atoms with Crippen LogP contribution in [0.3, 0.4) is 0 Å². The normalized spacial score (nSPS) is 14.8. The summed E-state index contributed by atoms with van der Waals surface area (Å²) in [6.07, 6.45) is 3.00. The second kappa shape index (κ2) is 12.0. The van der Waals surface area contributed by atoms with Crippen LogP contribution in [0.2, 0.25) is 5.02 Å². The molecule has 0 unspecified atom stereocenters. The van der Waals surface area contributed by atoms with Gasteiger partial charge in [-0.15, -0.1) is 12.4 Å². The van der Waals surface area contributed by atoms with Crippen molar-refractivity contribution < 1.29 is 19.1 Å². The number of amides is 1. The minimum Gasteiger partial charge on any atom is -0.496 e. The first-order valence-electron chi connectivity index (χ1n) is 9.15. The van der Waals surface area contributed by atoms with Crippen LogP contribution in [0.25, 0.3) is 0 Å². The Hall–Kier alpha value is -1.70. The second-order valence-corrected chi connectivity index (χ2v) is 7.15. The molecular weight excluding hydrogens is 405 g/mol. The van der Waals surface area contributed by atoms with E-state index in [2.05, 4.69) is 15.0 Å². The fourth-order valence-corrected chi connectivity index (χ4v) is 3.48. The van der Waals surface area contributed by atoms with E-state index in [9.17, 15) is 9.59 Å². The van der Waals surface area contributed by atoms with Crippen LogP contribution in [-0.4, -0.2) is 57.2 Å². The number of ketones is 1. The molecule has 0 aliphatic carbocycles. The highest BCUT2D eigenvalue weighted by Gasteiger charge is 2.21. The number of rotatable bonds is 8. The predicted octanol–water partition coefficient (Wildman–Crippen LogP) is 3.38. The van der Waals surface area contributed by atoms with Crippen LogP contribution in [0, 0.1) is 5.92 Å². The highest BCUT2D eigenvalue weighted by atomic mass is 35.5. The van der Waals surface area contributed by atoms with Crippen LogP contribution in [0.1, 0.15) is 36.0 Å². The van der Waals surface area contributed by atoms with Crippen LogP contribution in [0.5, 0.6) is 5.75 Å². The maximum absolute atomic E-state index is 12.6. The predicted molar refractivity (Wildman–Crippen MR) is 113 cm³/mol. The summed E-state index contributed by atoms with van der Waals surface area (Å²) in [5.41, 5.74) is 6.66. The van der Waals surface area contributed by atoms with E-state index < -0.39 is 6.09 Å². The number of benzene rings is 1. The SMILES string of the molecule is COC(=O)NCCN1CCC(CCC(=O)c2cc(Cl)c(N)cc2OC)CC1.Cl. The van der Waals surface area contributed by atoms with Crippen molar-refractivity contribution in [3.63, 3.8) is 0 Å². The molecule has 0 spiro atoms. The molecule has 1 amide bonds. The highest BCUT2D eigenvalue weighted by Crippen LogP contribution is 2.31. The number of likely N-dealkylation sites (tertiary alicyclic amines) is 1. The number of nitrogens with two attached hydrogens (primary N) is 1. The van der Waals surface area contributed by atoms with E-state index in [0.717, 1.165) is 38.9 Å². The molecule has 158 valence electrons. The number of ether oxygens (including phenoxy) is 2. The smallest absolute Gasteiger partial charge is 0.406 e. The van der Waals surface area contributed by atoms with Gasteiger partial charge in [0.15, 0.2) is 5.78 Å². The van der Waals surface area contributed by atoms with Gasteiger partial charge in [-0.2, -0.15) is 0 Å². The third-order valence-electron chi connectivity index (χ3n) is 4.99. The number of nitrogen functional groups attached to an aromatic ring is 1. The molecule has 1 aromatic carbocycles. The van der Waals surface area contributed by atoms with Crippen LogP contribution in [0.4, 0.5) is 10.5 Å². The van der Waals surface area contributed by atoms with Gasteiger partial charge in [0, 0.05) is 25.6 Å². The van der Waals surface area contributed by atoms with E-state index in [0.29, 0.717) is 40.9 Å². The van der Waals surface area contributed by atoms with E-state index in [4.69, 9.17) is 22.1 Å². The summed E-state index contributed by atoms with van der Waals surface area (Å²) in [5.74, 6) is 1.02. The number of alkyl carbamates (subject to hydrolysis) is 1. The third-order valence-corrected chi connectivity index (χ3v) is 5.32. The average Bonchev–Trinajstić information content (AvgIpc) is 2.68. The lowest BCUT2D eigenvalue weighted by Gasteiger charge is -2.31. The van der Waals surface area contributed by atoms with E-state index in [1.807, 2.05) is 0 Å². The lowest BCUT2D eigenvalue weighted by molar-refractivity contribution is 0.0960. The van der Waals surface area contributed by atoms with Gasteiger partial charge in [0.2, 0.25) is 0 Å². The standard InChI is InChI=1S/C19H28ClN3O4.ClH/c1-26-18-12-16(21)15(20)11-14(18)17(24)4-3-13-5-8-23(9-6-13)10-7-22-19(25)27-2;/h11-13H,3-10,21H2,1-2H3,(H,22,25);1H. The number of piperidine rings is 1. The number of nitrogens with zero attached hydrogens (tertiary/aromatic N) is 1. The van der Waals surface area contributed by atoms with E-state index in [-0.39, 0.29) is 18.2 Å². The number of halogens is 2. The zero-order chi connectivity index (χ0) is 19.8. The van der Waals surface area contributed by atoms with Gasteiger partial charge < -0.3 is 25.4 Å². The number of carbonyl (C=O) groups excluding carboxylic acids is 2. The van der Waals surface area contributed by atoms with Crippen molar-refractivity contribution in [3.05, 3.63) is 22.7 Å². The number of hydrogen-bond donors (Lipinski definition) is 2. The van der Waals surface area contributed by atoms with Gasteiger partial charge in [0.25, 0.3) is 0 Å². The minimum absolute atomic E-state index is 0. The third kappa shape index (κ3) is 7.04. The summed E-state index contributed by atoms with van der Waals surface area (Å²) >= 11 is 6.05. The number of hydrogen-bond acceptors (Lipinski definition) is 6. The molecular formula is C19H29Cl2N3O4. The molecule has 2 rings (SSSR count). The summed E-state index contributed by atoms with van der Waals surface area (Å²) in [5, 5.41) is 3.06. The Bertz CT molecular complexity index is 665. The molecule has 1 aliphatic rings. The van der Waals surface area contributed by atoms with Gasteiger partial charge in [0.05, 0.1) is 30.5 Å². The average molecular weight is 434 g/mol. The molecule has 9 heteroatoms. The van der Waals surface area contributed by atoms with Gasteiger partial charge in [0.1, 0.15) is 5.75 Å². The molecule has 0 saturated carbocycles. The van der Waals surface area contributed by atoms with Crippen molar-refractivity contribution in [2.45, 2.75) is 25.7 Å². The number of nitrogens with one attached hydrogen (secondary N) is 1. The number of Topliss-reactive ketones (excluding diaryl/α,β-unsaturated/α-hetero) is 1. The first-order chi connectivity index (χ1) is 12.9. The van der Waals surface area contributed by atoms with Gasteiger partial charge in [-0.3, -0.25) is 4.79 Å². The fourth-order valence-electron chi connectivity index (χ4n) is 3.31. The molecule has 1 aromatic rings. The molecule has 3 N–H and O–H groups in total. The number of carbonyl (C=O) groups is 2. The first kappa shape index (κ1) is 24.3. The van der Waals surface area contributed by atoms with Crippen molar-refractivity contribution in [1.82, 2.24) is 10.2 Å². The first-order valence-corrected chi connectivity index (χ1v) is 9.52. The Morgan fingerprint density at radius 2 is 1.96 bits per heavy atom. The van der Waals surface area contributed by atoms with Gasteiger partial charge in [-0.25, -0.2) is 4.79 Å². The van der Waals surface area contributed by atoms with Crippen LogP contribution in [0.15, 0.2) is 12.1 Å². The minimum atomic E-state index is -0.401. The zero-order valence-corrected chi connectivity index (χ0v) is 17.9. The Balaban J connectivity index is 0.00000392. The van der Waals surface area contributed by atoms with E-state index in [1.165, 1.54) is 14.2 Å². The maximum atomic E-state index is 12.6. The molecule has 1 saturated heterocycles. The molecule has 0 radical (unpaired) electrons. The van der Waals surface area contributed by atoms with Crippen LogP contribution >= 0.6 is 24.0 Å². The summed E-state index contributed by atoms with van der Waals surface area (Å²) in [4.78, 5) is 26.0. The topological polar surface area (TPSA) is 93.9 Å². The zero-order valence-electron chi connectivity index (χ0n) is 16.3. The Morgan fingerprint density at radius 3 is 2.57 bits per heavy atom. The second-order valence-electron chi connectivity index (χ2n) is 6.74. The molecule has 1 fully saturated rings. The van der Waals surface area contributed by atoms with Crippen molar-refractivity contribution in [2.24, 2.45) is 5.92 Å². The Morgan fingerprint density at radius 1 is 1.29 bits per heavy atom. The number of methoxy groups -OCH3 is 2. The van der Waals surface area contributed by atoms with Crippen LogP contribution in [-0.2, 0) is 4.74 Å². The lowest BCUT2D eigenvalue weighted by Crippen LogP contribution is -2.39.